The van der Waals surface area contributed by atoms with Crippen LogP contribution in [0.3, 0.4) is 0 Å². The maximum absolute atomic E-state index is 12.3. The molecule has 0 aliphatic carbocycles. The van der Waals surface area contributed by atoms with Crippen LogP contribution >= 0.6 is 0 Å². The number of hydrogen-bond acceptors (Lipinski definition) is 3. The van der Waals surface area contributed by atoms with Gasteiger partial charge in [0.05, 0.1) is 17.7 Å². The monoisotopic (exact) mass is 269 g/mol. The van der Waals surface area contributed by atoms with Gasteiger partial charge in [0, 0.05) is 0 Å². The first-order valence-electron chi connectivity index (χ1n) is 4.51. The first kappa shape index (κ1) is 14.0. The molecular weight excluding hydrogens is 262 g/mol. The van der Waals surface area contributed by atoms with Crippen molar-refractivity contribution >= 4 is 5.97 Å². The smallest absolute Gasteiger partial charge is 0.481 e. The highest BCUT2D eigenvalue weighted by molar-refractivity contribution is 5.70. The first-order chi connectivity index (χ1) is 8.23. The number of aromatic nitrogens is 1. The van der Waals surface area contributed by atoms with Crippen molar-refractivity contribution in [1.29, 1.82) is 0 Å². The number of aliphatic carboxylic acids is 1. The van der Waals surface area contributed by atoms with Crippen LogP contribution in [-0.2, 0) is 17.9 Å². The summed E-state index contributed by atoms with van der Waals surface area (Å²) >= 11 is 0. The van der Waals surface area contributed by atoms with Gasteiger partial charge in [-0.3, -0.25) is 9.59 Å². The fourth-order valence-electron chi connectivity index (χ4n) is 1.19. The number of hydrogen-bond donors (Lipinski definition) is 2. The molecule has 0 aromatic carbocycles. The number of rotatable bonds is 4. The van der Waals surface area contributed by atoms with E-state index in [1.54, 1.807) is 0 Å². The van der Waals surface area contributed by atoms with Crippen molar-refractivity contribution < 1.29 is 32.2 Å². The largest absolute Gasteiger partial charge is 0.573 e. The third kappa shape index (κ3) is 3.75. The van der Waals surface area contributed by atoms with Crippen molar-refractivity contribution in [1.82, 2.24) is 4.98 Å². The summed E-state index contributed by atoms with van der Waals surface area (Å²) in [6, 6.07) is 0.532. The Morgan fingerprint density at radius 1 is 1.44 bits per heavy atom. The molecule has 18 heavy (non-hydrogen) atoms. The Morgan fingerprint density at radius 2 is 2.06 bits per heavy atom. The number of carboxylic acid groups (broad SMARTS) is 1. The summed E-state index contributed by atoms with van der Waals surface area (Å²) in [4.78, 5) is 23.4. The molecule has 2 N–H and O–H groups in total. The van der Waals surface area contributed by atoms with Gasteiger partial charge in [0.15, 0.2) is 0 Å². The van der Waals surface area contributed by atoms with Crippen molar-refractivity contribution in [3.63, 3.8) is 0 Å². The van der Waals surface area contributed by atoms with Gasteiger partial charge >= 0.3 is 12.3 Å². The Kier molecular flexibility index (Phi) is 3.94. The van der Waals surface area contributed by atoms with Crippen LogP contribution < -0.4 is 10.3 Å². The Balaban J connectivity index is 3.25. The summed E-state index contributed by atoms with van der Waals surface area (Å²) in [5, 5.41) is 8.47. The van der Waals surface area contributed by atoms with Crippen molar-refractivity contribution in [2.75, 3.05) is 0 Å². The van der Waals surface area contributed by atoms with Crippen molar-refractivity contribution in [2.45, 2.75) is 19.5 Å². The van der Waals surface area contributed by atoms with Gasteiger partial charge in [0.25, 0.3) is 5.56 Å². The molecule has 5 nitrogen and oxygen atoms in total. The lowest BCUT2D eigenvalue weighted by atomic mass is 10.2. The molecule has 0 aliphatic rings. The standard InChI is InChI=1S/C9H7F4NO4/c10-3-4-1-6(18-9(11,12)13)5(2-7(15)16)14-8(4)17/h1H,2-3H2,(H,14,17)(H,15,16). The lowest BCUT2D eigenvalue weighted by molar-refractivity contribution is -0.275. The van der Waals surface area contributed by atoms with Crippen LogP contribution in [0.2, 0.25) is 0 Å². The second kappa shape index (κ2) is 5.07. The third-order valence-electron chi connectivity index (χ3n) is 1.86. The number of carbonyl (C=O) groups is 1. The van der Waals surface area contributed by atoms with Gasteiger partial charge in [-0.2, -0.15) is 0 Å². The second-order valence-electron chi connectivity index (χ2n) is 3.22. The first-order valence-corrected chi connectivity index (χ1v) is 4.51. The van der Waals surface area contributed by atoms with E-state index in [0.717, 1.165) is 0 Å². The van der Waals surface area contributed by atoms with E-state index in [-0.39, 0.29) is 0 Å². The number of alkyl halides is 4. The van der Waals surface area contributed by atoms with Gasteiger partial charge in [-0.15, -0.1) is 13.2 Å². The number of aromatic amines is 1. The van der Waals surface area contributed by atoms with Crippen molar-refractivity contribution in [2.24, 2.45) is 0 Å². The van der Waals surface area contributed by atoms with Gasteiger partial charge in [0.2, 0.25) is 0 Å². The van der Waals surface area contributed by atoms with Gasteiger partial charge in [-0.05, 0) is 6.07 Å². The number of H-pyrrole nitrogens is 1. The van der Waals surface area contributed by atoms with Crippen LogP contribution in [0, 0.1) is 0 Å². The molecule has 1 rings (SSSR count). The van der Waals surface area contributed by atoms with Crippen LogP contribution in [0.4, 0.5) is 17.6 Å². The molecular formula is C9H7F4NO4. The van der Waals surface area contributed by atoms with Crippen LogP contribution in [0.25, 0.3) is 0 Å². The molecule has 1 aromatic heterocycles. The fourth-order valence-corrected chi connectivity index (χ4v) is 1.19. The SMILES string of the molecule is O=C(O)Cc1[nH]c(=O)c(CF)cc1OC(F)(F)F. The molecule has 0 radical (unpaired) electrons. The molecule has 0 atom stereocenters. The van der Waals surface area contributed by atoms with E-state index < -0.39 is 48.0 Å². The Labute approximate surface area is 97.0 Å². The maximum Gasteiger partial charge on any atom is 0.573 e. The highest BCUT2D eigenvalue weighted by atomic mass is 19.4. The molecule has 0 amide bonds. The summed E-state index contributed by atoms with van der Waals surface area (Å²) in [6.45, 7) is -1.29. The molecule has 100 valence electrons. The predicted octanol–water partition coefficient (Wildman–Crippen LogP) is 1.37. The molecule has 1 heterocycles. The van der Waals surface area contributed by atoms with E-state index in [2.05, 4.69) is 4.74 Å². The predicted molar refractivity (Wildman–Crippen MR) is 49.9 cm³/mol. The number of ether oxygens (including phenoxy) is 1. The normalized spacial score (nSPS) is 11.3. The molecule has 9 heteroatoms. The van der Waals surface area contributed by atoms with Crippen LogP contribution in [0.1, 0.15) is 11.3 Å². The zero-order valence-corrected chi connectivity index (χ0v) is 8.68. The van der Waals surface area contributed by atoms with Crippen molar-refractivity contribution in [3.8, 4) is 5.75 Å². The molecule has 0 fully saturated rings. The minimum atomic E-state index is -5.07. The summed E-state index contributed by atoms with van der Waals surface area (Å²) in [6.07, 6.45) is -5.95. The third-order valence-corrected chi connectivity index (χ3v) is 1.86. The summed E-state index contributed by atoms with van der Waals surface area (Å²) in [5.41, 5.74) is -2.16. The van der Waals surface area contributed by atoms with Crippen LogP contribution in [0.5, 0.6) is 5.75 Å². The summed E-state index contributed by atoms with van der Waals surface area (Å²) < 4.78 is 52.0. The number of halogens is 4. The molecule has 0 spiro atoms. The van der Waals surface area contributed by atoms with Gasteiger partial charge < -0.3 is 14.8 Å². The highest BCUT2D eigenvalue weighted by Crippen LogP contribution is 2.25. The van der Waals surface area contributed by atoms with E-state index in [0.29, 0.717) is 6.07 Å². The average Bonchev–Trinajstić information content (AvgIpc) is 2.19. The molecule has 0 saturated carbocycles. The number of pyridine rings is 1. The molecule has 0 saturated heterocycles. The maximum atomic E-state index is 12.3. The molecule has 1 aromatic rings. The number of nitrogens with one attached hydrogen (secondary N) is 1. The lowest BCUT2D eigenvalue weighted by Gasteiger charge is -2.12. The second-order valence-corrected chi connectivity index (χ2v) is 3.22. The number of carboxylic acids is 1. The zero-order chi connectivity index (χ0) is 13.9. The lowest BCUT2D eigenvalue weighted by Crippen LogP contribution is -2.23. The molecule has 0 unspecified atom stereocenters. The Hall–Kier alpha value is -2.06. The van der Waals surface area contributed by atoms with E-state index in [4.69, 9.17) is 5.11 Å². The quantitative estimate of drug-likeness (QED) is 0.809. The average molecular weight is 269 g/mol. The summed E-state index contributed by atoms with van der Waals surface area (Å²) in [7, 11) is 0. The zero-order valence-electron chi connectivity index (χ0n) is 8.68. The highest BCUT2D eigenvalue weighted by Gasteiger charge is 2.33. The van der Waals surface area contributed by atoms with Crippen LogP contribution in [-0.4, -0.2) is 22.4 Å². The minimum absolute atomic E-state index is 0.532. The fraction of sp³-hybridized carbons (Fsp3) is 0.333. The topological polar surface area (TPSA) is 79.4 Å². The van der Waals surface area contributed by atoms with Crippen LogP contribution in [0.15, 0.2) is 10.9 Å². The van der Waals surface area contributed by atoms with E-state index >= 15 is 0 Å². The minimum Gasteiger partial charge on any atom is -0.481 e. The summed E-state index contributed by atoms with van der Waals surface area (Å²) in [5.74, 6) is -2.40. The Bertz CT molecular complexity index is 508. The van der Waals surface area contributed by atoms with Gasteiger partial charge in [-0.1, -0.05) is 0 Å². The van der Waals surface area contributed by atoms with E-state index in [1.165, 1.54) is 0 Å². The molecule has 0 bridgehead atoms. The Morgan fingerprint density at radius 3 is 2.50 bits per heavy atom. The van der Waals surface area contributed by atoms with Gasteiger partial charge in [0.1, 0.15) is 12.4 Å². The van der Waals surface area contributed by atoms with Gasteiger partial charge in [-0.25, -0.2) is 4.39 Å². The van der Waals surface area contributed by atoms with Crippen molar-refractivity contribution in [3.05, 3.63) is 27.7 Å². The van der Waals surface area contributed by atoms with E-state index in [1.807, 2.05) is 4.98 Å². The van der Waals surface area contributed by atoms with E-state index in [9.17, 15) is 27.2 Å². The molecule has 0 aliphatic heterocycles.